The molecule has 0 aliphatic rings. The van der Waals surface area contributed by atoms with Gasteiger partial charge < -0.3 is 0 Å². The van der Waals surface area contributed by atoms with Crippen LogP contribution >= 0.6 is 0 Å². The topological polar surface area (TPSA) is 12.0 Å². The Morgan fingerprint density at radius 1 is 0.750 bits per heavy atom. The van der Waals surface area contributed by atoms with Crippen molar-refractivity contribution >= 4 is 27.2 Å². The van der Waals surface area contributed by atoms with Crippen LogP contribution in [0.2, 0.25) is 0 Å². The summed E-state index contributed by atoms with van der Waals surface area (Å²) in [7, 11) is 0. The molecular weight excluding hydrogens is 201 g/mol. The Bertz CT molecular complexity index is 607. The average molecular weight is 211 g/mol. The Morgan fingerprint density at radius 2 is 1.25 bits per heavy atom. The molecule has 78 valence electrons. The number of hydrogen-bond donors (Lipinski definition) is 1. The molecule has 0 bridgehead atoms. The van der Waals surface area contributed by atoms with Crippen molar-refractivity contribution in [3.8, 4) is 0 Å². The molecule has 0 radical (unpaired) electrons. The zero-order valence-corrected chi connectivity index (χ0v) is 8.57. The van der Waals surface area contributed by atoms with Crippen LogP contribution in [0.25, 0.3) is 21.5 Å². The third kappa shape index (κ3) is 1.23. The van der Waals surface area contributed by atoms with Gasteiger partial charge in [-0.1, -0.05) is 48.5 Å². The Labute approximate surface area is 92.4 Å². The normalized spacial score (nSPS) is 10.8. The minimum absolute atomic E-state index is 0.550. The highest BCUT2D eigenvalue weighted by molar-refractivity contribution is 6.10. The Kier molecular flexibility index (Phi) is 2.00. The highest BCUT2D eigenvalue weighted by Crippen LogP contribution is 2.32. The van der Waals surface area contributed by atoms with Gasteiger partial charge in [0.25, 0.3) is 0 Å². The largest absolute Gasteiger partial charge is 0.223 e. The van der Waals surface area contributed by atoms with Gasteiger partial charge in [-0.25, -0.2) is 5.54 Å². The van der Waals surface area contributed by atoms with E-state index in [2.05, 4.69) is 6.07 Å². The summed E-state index contributed by atoms with van der Waals surface area (Å²) in [6.07, 6.45) is 0. The standard InChI is InChI=1S/C14H10FN/c15-16-14-12-7-3-1-5-10(12)9-11-6-2-4-8-13(11)14/h1-9,16H. The number of fused-ring (bicyclic) bond motifs is 2. The highest BCUT2D eigenvalue weighted by atomic mass is 19.2. The Balaban J connectivity index is 2.56. The van der Waals surface area contributed by atoms with E-state index in [-0.39, 0.29) is 0 Å². The van der Waals surface area contributed by atoms with E-state index < -0.39 is 0 Å². The lowest BCUT2D eigenvalue weighted by Gasteiger charge is -2.08. The molecule has 0 saturated carbocycles. The molecule has 3 aromatic carbocycles. The van der Waals surface area contributed by atoms with Crippen LogP contribution in [0.15, 0.2) is 54.6 Å². The van der Waals surface area contributed by atoms with Gasteiger partial charge in [0.05, 0.1) is 5.69 Å². The number of halogens is 1. The number of nitrogens with one attached hydrogen (secondary N) is 1. The van der Waals surface area contributed by atoms with E-state index in [1.54, 1.807) is 0 Å². The molecule has 0 amide bonds. The molecule has 0 aliphatic heterocycles. The van der Waals surface area contributed by atoms with E-state index in [0.29, 0.717) is 5.69 Å². The van der Waals surface area contributed by atoms with Gasteiger partial charge in [0.15, 0.2) is 0 Å². The van der Waals surface area contributed by atoms with Gasteiger partial charge in [0.2, 0.25) is 0 Å². The maximum atomic E-state index is 12.9. The molecule has 1 nitrogen and oxygen atoms in total. The minimum atomic E-state index is 0.550. The summed E-state index contributed by atoms with van der Waals surface area (Å²) in [4.78, 5) is 0. The fourth-order valence-electron chi connectivity index (χ4n) is 2.12. The zero-order valence-electron chi connectivity index (χ0n) is 8.57. The summed E-state index contributed by atoms with van der Waals surface area (Å²) in [5, 5.41) is 3.90. The molecule has 16 heavy (non-hydrogen) atoms. The van der Waals surface area contributed by atoms with E-state index >= 15 is 0 Å². The number of benzene rings is 3. The van der Waals surface area contributed by atoms with Crippen LogP contribution in [0.3, 0.4) is 0 Å². The maximum Gasteiger partial charge on any atom is 0.0812 e. The van der Waals surface area contributed by atoms with Crippen molar-refractivity contribution in [3.05, 3.63) is 54.6 Å². The van der Waals surface area contributed by atoms with Crippen LogP contribution in [0.4, 0.5) is 10.2 Å². The van der Waals surface area contributed by atoms with E-state index in [1.165, 1.54) is 0 Å². The number of hydrogen-bond acceptors (Lipinski definition) is 1. The molecule has 1 N–H and O–H groups in total. The van der Waals surface area contributed by atoms with Crippen molar-refractivity contribution in [3.63, 3.8) is 0 Å². The third-order valence-corrected chi connectivity index (χ3v) is 2.87. The quantitative estimate of drug-likeness (QED) is 0.467. The van der Waals surface area contributed by atoms with Crippen LogP contribution in [0.5, 0.6) is 0 Å². The Morgan fingerprint density at radius 3 is 1.75 bits per heavy atom. The molecular formula is C14H10FN. The fourth-order valence-corrected chi connectivity index (χ4v) is 2.12. The van der Waals surface area contributed by atoms with Crippen molar-refractivity contribution in [2.45, 2.75) is 0 Å². The van der Waals surface area contributed by atoms with Gasteiger partial charge in [-0.05, 0) is 16.8 Å². The van der Waals surface area contributed by atoms with Crippen LogP contribution in [-0.2, 0) is 0 Å². The minimum Gasteiger partial charge on any atom is -0.223 e. The molecule has 0 heterocycles. The van der Waals surface area contributed by atoms with Crippen molar-refractivity contribution < 1.29 is 4.48 Å². The SMILES string of the molecule is FNc1c2ccccc2cc2ccccc12. The van der Waals surface area contributed by atoms with E-state index in [9.17, 15) is 4.48 Å². The highest BCUT2D eigenvalue weighted by Gasteiger charge is 2.05. The molecule has 0 fully saturated rings. The van der Waals surface area contributed by atoms with Gasteiger partial charge in [0, 0.05) is 10.8 Å². The van der Waals surface area contributed by atoms with Crippen LogP contribution in [0.1, 0.15) is 0 Å². The first-order valence-electron chi connectivity index (χ1n) is 5.17. The van der Waals surface area contributed by atoms with Gasteiger partial charge in [0.1, 0.15) is 0 Å². The number of anilines is 1. The van der Waals surface area contributed by atoms with Crippen molar-refractivity contribution in [1.82, 2.24) is 0 Å². The first kappa shape index (κ1) is 9.16. The van der Waals surface area contributed by atoms with Crippen molar-refractivity contribution in [2.75, 3.05) is 5.54 Å². The summed E-state index contributed by atoms with van der Waals surface area (Å²) < 4.78 is 12.9. The summed E-state index contributed by atoms with van der Waals surface area (Å²) in [6, 6.07) is 17.6. The first-order chi connectivity index (χ1) is 7.90. The predicted molar refractivity (Wildman–Crippen MR) is 66.2 cm³/mol. The average Bonchev–Trinajstić information content (AvgIpc) is 2.36. The molecule has 0 atom stereocenters. The van der Waals surface area contributed by atoms with Gasteiger partial charge >= 0.3 is 0 Å². The predicted octanol–water partition coefficient (Wildman–Crippen LogP) is 4.29. The summed E-state index contributed by atoms with van der Waals surface area (Å²) >= 11 is 0. The molecule has 0 unspecified atom stereocenters. The molecule has 0 aromatic heterocycles. The van der Waals surface area contributed by atoms with Crippen LogP contribution in [-0.4, -0.2) is 0 Å². The first-order valence-corrected chi connectivity index (χ1v) is 5.17. The second kappa shape index (κ2) is 3.49. The molecule has 0 saturated heterocycles. The Hall–Kier alpha value is -2.09. The molecule has 3 rings (SSSR count). The van der Waals surface area contributed by atoms with E-state index in [0.717, 1.165) is 21.5 Å². The zero-order chi connectivity index (χ0) is 11.0. The smallest absolute Gasteiger partial charge is 0.0812 e. The lowest BCUT2D eigenvalue weighted by atomic mass is 10.0. The number of rotatable bonds is 1. The van der Waals surface area contributed by atoms with E-state index in [1.807, 2.05) is 54.1 Å². The third-order valence-electron chi connectivity index (χ3n) is 2.87. The van der Waals surface area contributed by atoms with Gasteiger partial charge in [-0.3, -0.25) is 0 Å². The van der Waals surface area contributed by atoms with Crippen LogP contribution < -0.4 is 5.54 Å². The van der Waals surface area contributed by atoms with Gasteiger partial charge in [-0.2, -0.15) is 0 Å². The molecule has 0 aliphatic carbocycles. The lowest BCUT2D eigenvalue weighted by molar-refractivity contribution is 0.620. The molecule has 3 aromatic rings. The monoisotopic (exact) mass is 211 g/mol. The van der Waals surface area contributed by atoms with E-state index in [4.69, 9.17) is 0 Å². The van der Waals surface area contributed by atoms with Crippen LogP contribution in [0, 0.1) is 0 Å². The van der Waals surface area contributed by atoms with Gasteiger partial charge in [-0.15, -0.1) is 4.48 Å². The second-order valence-electron chi connectivity index (χ2n) is 3.79. The lowest BCUT2D eigenvalue weighted by Crippen LogP contribution is -1.87. The maximum absolute atomic E-state index is 12.9. The van der Waals surface area contributed by atoms with Crippen molar-refractivity contribution in [1.29, 1.82) is 0 Å². The fraction of sp³-hybridized carbons (Fsp3) is 0. The van der Waals surface area contributed by atoms with Crippen molar-refractivity contribution in [2.24, 2.45) is 0 Å². The summed E-state index contributed by atoms with van der Waals surface area (Å²) in [5.41, 5.74) is 2.36. The second-order valence-corrected chi connectivity index (χ2v) is 3.79. The molecule has 2 heteroatoms. The summed E-state index contributed by atoms with van der Waals surface area (Å²) in [6.45, 7) is 0. The summed E-state index contributed by atoms with van der Waals surface area (Å²) in [5.74, 6) is 0. The molecule has 0 spiro atoms.